The Kier molecular flexibility index (Phi) is 6.28. The van der Waals surface area contributed by atoms with Gasteiger partial charge in [-0.15, -0.1) is 0 Å². The monoisotopic (exact) mass is 375 g/mol. The molecule has 6 nitrogen and oxygen atoms in total. The number of carbonyl (C=O) groups excluding carboxylic acids is 1. The molecule has 1 aromatic heterocycles. The predicted molar refractivity (Wildman–Crippen MR) is 98.6 cm³/mol. The molecule has 1 amide bonds. The number of amides is 1. The minimum absolute atomic E-state index is 0.0709. The van der Waals surface area contributed by atoms with Crippen LogP contribution in [0, 0.1) is 0 Å². The van der Waals surface area contributed by atoms with Gasteiger partial charge in [0.05, 0.1) is 13.7 Å². The summed E-state index contributed by atoms with van der Waals surface area (Å²) in [4.78, 5) is 22.6. The highest BCUT2D eigenvalue weighted by atomic mass is 35.5. The highest BCUT2D eigenvalue weighted by Crippen LogP contribution is 2.19. The normalized spacial score (nSPS) is 17.0. The molecule has 1 aliphatic rings. The average Bonchev–Trinajstić information content (AvgIpc) is 2.66. The molecule has 3 rings (SSSR count). The number of hydrogen-bond donors (Lipinski definition) is 0. The molecule has 0 spiro atoms. The van der Waals surface area contributed by atoms with E-state index in [4.69, 9.17) is 21.1 Å². The van der Waals surface area contributed by atoms with Crippen molar-refractivity contribution < 1.29 is 14.3 Å². The van der Waals surface area contributed by atoms with Crippen LogP contribution < -0.4 is 9.47 Å². The molecular weight excluding hydrogens is 354 g/mol. The molecule has 0 aliphatic carbocycles. The first-order valence-corrected chi connectivity index (χ1v) is 9.08. The summed E-state index contributed by atoms with van der Waals surface area (Å²) in [6, 6.07) is 9.60. The van der Waals surface area contributed by atoms with E-state index in [0.29, 0.717) is 30.3 Å². The van der Waals surface area contributed by atoms with Crippen molar-refractivity contribution in [1.29, 1.82) is 0 Å². The fraction of sp³-hybridized carbons (Fsp3) is 0.421. The zero-order valence-electron chi connectivity index (χ0n) is 14.7. The summed E-state index contributed by atoms with van der Waals surface area (Å²) >= 11 is 6.00. The van der Waals surface area contributed by atoms with Crippen molar-refractivity contribution >= 4 is 17.5 Å². The number of ether oxygens (including phenoxy) is 2. The lowest BCUT2D eigenvalue weighted by atomic mass is 10.1. The smallest absolute Gasteiger partial charge is 0.319 e. The van der Waals surface area contributed by atoms with Crippen LogP contribution in [0.5, 0.6) is 11.9 Å². The lowest BCUT2D eigenvalue weighted by Crippen LogP contribution is -2.44. The number of nitrogens with zero attached hydrogens (tertiary/aromatic N) is 3. The Hall–Kier alpha value is -2.34. The van der Waals surface area contributed by atoms with E-state index in [2.05, 4.69) is 9.97 Å². The van der Waals surface area contributed by atoms with Crippen LogP contribution in [0.1, 0.15) is 24.8 Å². The van der Waals surface area contributed by atoms with E-state index < -0.39 is 0 Å². The first kappa shape index (κ1) is 18.5. The first-order valence-electron chi connectivity index (χ1n) is 8.70. The number of benzene rings is 1. The number of halogens is 1. The Morgan fingerprint density at radius 2 is 2.27 bits per heavy atom. The topological polar surface area (TPSA) is 64.6 Å². The number of methoxy groups -OCH3 is 1. The van der Waals surface area contributed by atoms with Gasteiger partial charge in [-0.05, 0) is 37.0 Å². The van der Waals surface area contributed by atoms with Crippen LogP contribution in [0.15, 0.2) is 36.5 Å². The average molecular weight is 376 g/mol. The van der Waals surface area contributed by atoms with Gasteiger partial charge in [-0.1, -0.05) is 23.7 Å². The van der Waals surface area contributed by atoms with E-state index in [-0.39, 0.29) is 18.0 Å². The summed E-state index contributed by atoms with van der Waals surface area (Å²) in [5, 5.41) is 0.696. The van der Waals surface area contributed by atoms with Crippen LogP contribution in [0.4, 0.5) is 0 Å². The number of aryl methyl sites for hydroxylation is 1. The minimum atomic E-state index is -0.0709. The van der Waals surface area contributed by atoms with Crippen molar-refractivity contribution in [2.24, 2.45) is 0 Å². The molecule has 1 aliphatic heterocycles. The van der Waals surface area contributed by atoms with Crippen molar-refractivity contribution in [1.82, 2.24) is 14.9 Å². The van der Waals surface area contributed by atoms with Crippen LogP contribution in [-0.4, -0.2) is 47.1 Å². The standard InChI is InChI=1S/C19H22ClN3O3/c1-25-19-21-10-9-17(22-19)26-16-6-3-11-23(13-16)18(24)8-7-14-4-2-5-15(20)12-14/h2,4-5,9-10,12,16H,3,6-8,11,13H2,1H3. The van der Waals surface area contributed by atoms with Gasteiger partial charge in [-0.25, -0.2) is 4.98 Å². The Labute approximate surface area is 158 Å². The molecule has 138 valence electrons. The zero-order chi connectivity index (χ0) is 18.4. The third kappa shape index (κ3) is 5.08. The largest absolute Gasteiger partial charge is 0.472 e. The summed E-state index contributed by atoms with van der Waals surface area (Å²) in [5.74, 6) is 0.605. The highest BCUT2D eigenvalue weighted by Gasteiger charge is 2.25. The summed E-state index contributed by atoms with van der Waals surface area (Å²) in [6.45, 7) is 1.34. The number of likely N-dealkylation sites (tertiary alicyclic amines) is 1. The number of carbonyl (C=O) groups is 1. The fourth-order valence-electron chi connectivity index (χ4n) is 3.02. The van der Waals surface area contributed by atoms with E-state index in [1.165, 1.54) is 7.11 Å². The van der Waals surface area contributed by atoms with Crippen LogP contribution in [0.3, 0.4) is 0 Å². The van der Waals surface area contributed by atoms with Crippen LogP contribution in [0.25, 0.3) is 0 Å². The number of hydrogen-bond acceptors (Lipinski definition) is 5. The molecule has 0 radical (unpaired) electrons. The van der Waals surface area contributed by atoms with Crippen molar-refractivity contribution in [3.63, 3.8) is 0 Å². The number of aromatic nitrogens is 2. The maximum atomic E-state index is 12.5. The third-order valence-electron chi connectivity index (χ3n) is 4.33. The molecule has 1 aromatic carbocycles. The molecule has 2 aromatic rings. The second kappa shape index (κ2) is 8.85. The van der Waals surface area contributed by atoms with Gasteiger partial charge in [0.15, 0.2) is 0 Å². The van der Waals surface area contributed by atoms with Crippen LogP contribution in [-0.2, 0) is 11.2 Å². The van der Waals surface area contributed by atoms with E-state index in [1.54, 1.807) is 12.3 Å². The molecule has 0 N–H and O–H groups in total. The molecule has 1 saturated heterocycles. The Morgan fingerprint density at radius 3 is 3.08 bits per heavy atom. The molecule has 1 fully saturated rings. The van der Waals surface area contributed by atoms with Gasteiger partial charge < -0.3 is 14.4 Å². The van der Waals surface area contributed by atoms with Crippen LogP contribution >= 0.6 is 11.6 Å². The fourth-order valence-corrected chi connectivity index (χ4v) is 3.24. The minimum Gasteiger partial charge on any atom is -0.472 e. The summed E-state index contributed by atoms with van der Waals surface area (Å²) < 4.78 is 10.9. The van der Waals surface area contributed by atoms with Gasteiger partial charge in [0.1, 0.15) is 6.10 Å². The highest BCUT2D eigenvalue weighted by molar-refractivity contribution is 6.30. The Balaban J connectivity index is 1.53. The molecule has 2 heterocycles. The molecule has 7 heteroatoms. The van der Waals surface area contributed by atoms with Crippen LogP contribution in [0.2, 0.25) is 5.02 Å². The predicted octanol–water partition coefficient (Wildman–Crippen LogP) is 3.14. The number of rotatable bonds is 6. The van der Waals surface area contributed by atoms with E-state index in [0.717, 1.165) is 24.9 Å². The van der Waals surface area contributed by atoms with E-state index >= 15 is 0 Å². The first-order chi connectivity index (χ1) is 12.6. The maximum Gasteiger partial charge on any atom is 0.319 e. The third-order valence-corrected chi connectivity index (χ3v) is 4.56. The molecule has 0 bridgehead atoms. The second-order valence-electron chi connectivity index (χ2n) is 6.23. The van der Waals surface area contributed by atoms with Gasteiger partial charge in [0.2, 0.25) is 11.8 Å². The Bertz CT molecular complexity index is 756. The molecule has 1 atom stereocenters. The summed E-state index contributed by atoms with van der Waals surface area (Å²) in [6.07, 6.45) is 4.48. The summed E-state index contributed by atoms with van der Waals surface area (Å²) in [7, 11) is 1.51. The quantitative estimate of drug-likeness (QED) is 0.776. The molecule has 26 heavy (non-hydrogen) atoms. The lowest BCUT2D eigenvalue weighted by Gasteiger charge is -2.32. The van der Waals surface area contributed by atoms with Gasteiger partial charge in [-0.2, -0.15) is 4.98 Å². The SMILES string of the molecule is COc1nccc(OC2CCCN(C(=O)CCc3cccc(Cl)c3)C2)n1. The van der Waals surface area contributed by atoms with Gasteiger partial charge in [0.25, 0.3) is 0 Å². The van der Waals surface area contributed by atoms with Gasteiger partial charge in [0, 0.05) is 30.3 Å². The van der Waals surface area contributed by atoms with Crippen molar-refractivity contribution in [3.05, 3.63) is 47.1 Å². The van der Waals surface area contributed by atoms with Gasteiger partial charge >= 0.3 is 6.01 Å². The van der Waals surface area contributed by atoms with E-state index in [9.17, 15) is 4.79 Å². The molecular formula is C19H22ClN3O3. The van der Waals surface area contributed by atoms with E-state index in [1.807, 2.05) is 29.2 Å². The van der Waals surface area contributed by atoms with Gasteiger partial charge in [-0.3, -0.25) is 4.79 Å². The van der Waals surface area contributed by atoms with Crippen molar-refractivity contribution in [2.45, 2.75) is 31.8 Å². The molecule has 1 unspecified atom stereocenters. The van der Waals surface area contributed by atoms with Crippen molar-refractivity contribution in [2.75, 3.05) is 20.2 Å². The Morgan fingerprint density at radius 1 is 1.38 bits per heavy atom. The summed E-state index contributed by atoms with van der Waals surface area (Å²) in [5.41, 5.74) is 1.07. The second-order valence-corrected chi connectivity index (χ2v) is 6.67. The lowest BCUT2D eigenvalue weighted by molar-refractivity contribution is -0.133. The number of piperidine rings is 1. The molecule has 0 saturated carbocycles. The zero-order valence-corrected chi connectivity index (χ0v) is 15.5. The van der Waals surface area contributed by atoms with Crippen molar-refractivity contribution in [3.8, 4) is 11.9 Å². The maximum absolute atomic E-state index is 12.5.